The molecule has 106 valence electrons. The highest BCUT2D eigenvalue weighted by atomic mass is 127. The monoisotopic (exact) mass is 400 g/mol. The molecule has 1 aromatic heterocycles. The molecule has 0 aliphatic rings. The van der Waals surface area contributed by atoms with Crippen molar-refractivity contribution in [1.29, 1.82) is 0 Å². The largest absolute Gasteiger partial charge is 0.237 e. The third kappa shape index (κ3) is 4.42. The van der Waals surface area contributed by atoms with Gasteiger partial charge in [0.25, 0.3) is 0 Å². The van der Waals surface area contributed by atoms with Gasteiger partial charge in [-0.3, -0.25) is 0 Å². The first-order valence-corrected chi connectivity index (χ1v) is 8.26. The summed E-state index contributed by atoms with van der Waals surface area (Å²) in [5.74, 6) is 1.41. The van der Waals surface area contributed by atoms with Crippen molar-refractivity contribution < 1.29 is 0 Å². The molecule has 0 unspecified atom stereocenters. The summed E-state index contributed by atoms with van der Waals surface area (Å²) in [6, 6.07) is 10.4. The third-order valence-corrected chi connectivity index (χ3v) is 4.73. The number of halogens is 2. The lowest BCUT2D eigenvalue weighted by Gasteiger charge is -2.10. The van der Waals surface area contributed by atoms with Gasteiger partial charge in [0.1, 0.15) is 11.0 Å². The first-order chi connectivity index (χ1) is 9.56. The van der Waals surface area contributed by atoms with Crippen LogP contribution < -0.4 is 0 Å². The van der Waals surface area contributed by atoms with Gasteiger partial charge in [-0.1, -0.05) is 55.8 Å². The predicted octanol–water partition coefficient (Wildman–Crippen LogP) is 4.72. The van der Waals surface area contributed by atoms with E-state index in [-0.39, 0.29) is 0 Å². The molecule has 0 atom stereocenters. The standard InChI is InChI=1S/C16H18ClIN2/c1-11(2)10-13-15(18)16(17)20-14(19-13)9-8-12-6-4-3-5-7-12/h3-7,11H,8-10H2,1-2H3. The van der Waals surface area contributed by atoms with E-state index in [0.29, 0.717) is 11.1 Å². The van der Waals surface area contributed by atoms with Gasteiger partial charge >= 0.3 is 0 Å². The van der Waals surface area contributed by atoms with E-state index in [9.17, 15) is 0 Å². The van der Waals surface area contributed by atoms with Crippen molar-refractivity contribution in [2.75, 3.05) is 0 Å². The maximum Gasteiger partial charge on any atom is 0.146 e. The van der Waals surface area contributed by atoms with Crippen LogP contribution in [0.25, 0.3) is 0 Å². The van der Waals surface area contributed by atoms with Crippen LogP contribution in [-0.2, 0) is 19.3 Å². The van der Waals surface area contributed by atoms with Crippen LogP contribution in [0.15, 0.2) is 30.3 Å². The maximum absolute atomic E-state index is 6.23. The second-order valence-corrected chi connectivity index (χ2v) is 6.71. The van der Waals surface area contributed by atoms with Crippen LogP contribution in [0, 0.1) is 9.49 Å². The Hall–Kier alpha value is -0.680. The van der Waals surface area contributed by atoms with Gasteiger partial charge in [0.2, 0.25) is 0 Å². The molecule has 0 aliphatic carbocycles. The molecule has 0 N–H and O–H groups in total. The van der Waals surface area contributed by atoms with Gasteiger partial charge in [-0.2, -0.15) is 0 Å². The number of hydrogen-bond donors (Lipinski definition) is 0. The zero-order valence-electron chi connectivity index (χ0n) is 11.7. The molecule has 0 spiro atoms. The van der Waals surface area contributed by atoms with Crippen molar-refractivity contribution in [3.8, 4) is 0 Å². The summed E-state index contributed by atoms with van der Waals surface area (Å²) >= 11 is 8.46. The molecule has 0 saturated heterocycles. The smallest absolute Gasteiger partial charge is 0.146 e. The van der Waals surface area contributed by atoms with Crippen LogP contribution in [0.5, 0.6) is 0 Å². The highest BCUT2D eigenvalue weighted by Gasteiger charge is 2.12. The average Bonchev–Trinajstić information content (AvgIpc) is 2.42. The molecule has 0 aliphatic heterocycles. The Morgan fingerprint density at radius 2 is 1.80 bits per heavy atom. The summed E-state index contributed by atoms with van der Waals surface area (Å²) in [6.07, 6.45) is 2.71. The third-order valence-electron chi connectivity index (χ3n) is 3.01. The molecule has 0 fully saturated rings. The predicted molar refractivity (Wildman–Crippen MR) is 92.2 cm³/mol. The lowest BCUT2D eigenvalue weighted by molar-refractivity contribution is 0.626. The van der Waals surface area contributed by atoms with Crippen molar-refractivity contribution in [2.24, 2.45) is 5.92 Å². The van der Waals surface area contributed by atoms with Crippen molar-refractivity contribution >= 4 is 34.2 Å². The molecular weight excluding hydrogens is 383 g/mol. The minimum Gasteiger partial charge on any atom is -0.237 e. The highest BCUT2D eigenvalue weighted by Crippen LogP contribution is 2.22. The highest BCUT2D eigenvalue weighted by molar-refractivity contribution is 14.1. The SMILES string of the molecule is CC(C)Cc1nc(CCc2ccccc2)nc(Cl)c1I. The fraction of sp³-hybridized carbons (Fsp3) is 0.375. The van der Waals surface area contributed by atoms with E-state index >= 15 is 0 Å². The molecule has 1 aromatic carbocycles. The summed E-state index contributed by atoms with van der Waals surface area (Å²) in [5, 5.41) is 0.583. The van der Waals surface area contributed by atoms with E-state index in [1.54, 1.807) is 0 Å². The van der Waals surface area contributed by atoms with Crippen LogP contribution in [0.2, 0.25) is 5.15 Å². The van der Waals surface area contributed by atoms with Crippen LogP contribution in [0.3, 0.4) is 0 Å². The molecule has 2 nitrogen and oxygen atoms in total. The van der Waals surface area contributed by atoms with Crippen molar-refractivity contribution in [2.45, 2.75) is 33.1 Å². The first-order valence-electron chi connectivity index (χ1n) is 6.81. The van der Waals surface area contributed by atoms with Gasteiger partial charge in [0.15, 0.2) is 0 Å². The minimum atomic E-state index is 0.566. The number of hydrogen-bond acceptors (Lipinski definition) is 2. The van der Waals surface area contributed by atoms with Crippen LogP contribution in [0.4, 0.5) is 0 Å². The Balaban J connectivity index is 2.14. The summed E-state index contributed by atoms with van der Waals surface area (Å²) in [4.78, 5) is 9.09. The Morgan fingerprint density at radius 3 is 2.45 bits per heavy atom. The van der Waals surface area contributed by atoms with Crippen LogP contribution >= 0.6 is 34.2 Å². The Morgan fingerprint density at radius 1 is 1.10 bits per heavy atom. The van der Waals surface area contributed by atoms with E-state index < -0.39 is 0 Å². The van der Waals surface area contributed by atoms with Gasteiger partial charge in [-0.05, 0) is 46.9 Å². The quantitative estimate of drug-likeness (QED) is 0.536. The molecule has 1 heterocycles. The van der Waals surface area contributed by atoms with Gasteiger partial charge in [0.05, 0.1) is 9.26 Å². The number of aryl methyl sites for hydroxylation is 2. The lowest BCUT2D eigenvalue weighted by Crippen LogP contribution is -2.07. The van der Waals surface area contributed by atoms with Gasteiger partial charge in [-0.25, -0.2) is 9.97 Å². The second kappa shape index (κ2) is 7.36. The Kier molecular flexibility index (Phi) is 5.78. The number of aromatic nitrogens is 2. The summed E-state index contributed by atoms with van der Waals surface area (Å²) in [5.41, 5.74) is 2.37. The fourth-order valence-electron chi connectivity index (χ4n) is 2.05. The molecule has 0 bridgehead atoms. The molecule has 2 rings (SSSR count). The topological polar surface area (TPSA) is 25.8 Å². The van der Waals surface area contributed by atoms with Crippen LogP contribution in [-0.4, -0.2) is 9.97 Å². The fourth-order valence-corrected chi connectivity index (χ4v) is 2.71. The number of benzene rings is 1. The minimum absolute atomic E-state index is 0.566. The van der Waals surface area contributed by atoms with E-state index in [1.165, 1.54) is 5.56 Å². The summed E-state index contributed by atoms with van der Waals surface area (Å²) in [7, 11) is 0. The van der Waals surface area contributed by atoms with Gasteiger partial charge < -0.3 is 0 Å². The van der Waals surface area contributed by atoms with E-state index in [1.807, 2.05) is 6.07 Å². The lowest BCUT2D eigenvalue weighted by atomic mass is 10.1. The Labute approximate surface area is 139 Å². The number of nitrogens with zero attached hydrogens (tertiary/aromatic N) is 2. The molecule has 4 heteroatoms. The first kappa shape index (κ1) is 15.7. The zero-order valence-corrected chi connectivity index (χ0v) is 14.6. The van der Waals surface area contributed by atoms with Crippen LogP contribution in [0.1, 0.15) is 30.9 Å². The van der Waals surface area contributed by atoms with Gasteiger partial charge in [-0.15, -0.1) is 0 Å². The number of rotatable bonds is 5. The van der Waals surface area contributed by atoms with E-state index in [4.69, 9.17) is 11.6 Å². The average molecular weight is 401 g/mol. The summed E-state index contributed by atoms with van der Waals surface area (Å²) < 4.78 is 0.987. The van der Waals surface area contributed by atoms with Crippen molar-refractivity contribution in [3.63, 3.8) is 0 Å². The molecule has 0 radical (unpaired) electrons. The molecule has 20 heavy (non-hydrogen) atoms. The second-order valence-electron chi connectivity index (χ2n) is 5.27. The zero-order chi connectivity index (χ0) is 14.5. The van der Waals surface area contributed by atoms with Gasteiger partial charge in [0, 0.05) is 6.42 Å². The Bertz CT molecular complexity index is 570. The normalized spacial score (nSPS) is 11.1. The molecule has 2 aromatic rings. The van der Waals surface area contributed by atoms with E-state index in [2.05, 4.69) is 70.7 Å². The maximum atomic E-state index is 6.23. The van der Waals surface area contributed by atoms with Crippen molar-refractivity contribution in [3.05, 3.63) is 56.1 Å². The molecule has 0 saturated carbocycles. The molecule has 0 amide bonds. The van der Waals surface area contributed by atoms with Crippen molar-refractivity contribution in [1.82, 2.24) is 9.97 Å². The summed E-state index contributed by atoms with van der Waals surface area (Å²) in [6.45, 7) is 4.38. The molecular formula is C16H18ClIN2. The van der Waals surface area contributed by atoms with E-state index in [0.717, 1.165) is 34.4 Å².